The predicted molar refractivity (Wildman–Crippen MR) is 151 cm³/mol. The molecule has 0 aliphatic heterocycles. The van der Waals surface area contributed by atoms with Crippen LogP contribution in [-0.2, 0) is 12.8 Å². The molecule has 1 aliphatic carbocycles. The summed E-state index contributed by atoms with van der Waals surface area (Å²) in [6.07, 6.45) is -3.47. The largest absolute Gasteiger partial charge is 0.461 e. The Labute approximate surface area is 241 Å². The van der Waals surface area contributed by atoms with E-state index in [1.54, 1.807) is 56.6 Å². The summed E-state index contributed by atoms with van der Waals surface area (Å²) in [6.45, 7) is 0. The summed E-state index contributed by atoms with van der Waals surface area (Å²) in [4.78, 5) is 27.3. The summed E-state index contributed by atoms with van der Waals surface area (Å²) in [7, 11) is 3.23. The molecule has 4 rings (SSSR count). The van der Waals surface area contributed by atoms with Gasteiger partial charge in [0.2, 0.25) is 0 Å². The number of nitrogens with one attached hydrogen (secondary N) is 1. The van der Waals surface area contributed by atoms with Crippen LogP contribution in [0.2, 0.25) is 0 Å². The Morgan fingerprint density at radius 1 is 1.05 bits per heavy atom. The molecule has 0 bridgehead atoms. The number of hydrogen-bond donors (Lipinski definition) is 2. The number of aliphatic hydroxyl groups excluding tert-OH is 1. The van der Waals surface area contributed by atoms with Crippen LogP contribution in [0.3, 0.4) is 0 Å². The molecule has 2 atom stereocenters. The number of aliphatic hydroxyl groups is 1. The van der Waals surface area contributed by atoms with Gasteiger partial charge in [0.1, 0.15) is 5.75 Å². The second-order valence-corrected chi connectivity index (χ2v) is 10.3. The summed E-state index contributed by atoms with van der Waals surface area (Å²) >= 11 is 0. The van der Waals surface area contributed by atoms with Gasteiger partial charge in [0.15, 0.2) is 0 Å². The fraction of sp³-hybridized carbons (Fsp3) is 0.312. The lowest BCUT2D eigenvalue weighted by Crippen LogP contribution is -2.41. The monoisotopic (exact) mass is 584 g/mol. The van der Waals surface area contributed by atoms with Gasteiger partial charge in [-0.2, -0.15) is 17.6 Å². The quantitative estimate of drug-likeness (QED) is 0.285. The molecule has 10 heteroatoms. The molecule has 0 fully saturated rings. The number of hydrogen-bond acceptors (Lipinski definition) is 4. The van der Waals surface area contributed by atoms with Gasteiger partial charge in [-0.3, -0.25) is 9.59 Å². The number of fused-ring (bicyclic) bond motifs is 1. The van der Waals surface area contributed by atoms with E-state index in [0.29, 0.717) is 22.3 Å². The lowest BCUT2D eigenvalue weighted by atomic mass is 9.94. The third-order valence-electron chi connectivity index (χ3n) is 7.01. The highest BCUT2D eigenvalue weighted by atomic mass is 19.3. The fourth-order valence-corrected chi connectivity index (χ4v) is 4.83. The van der Waals surface area contributed by atoms with Gasteiger partial charge < -0.3 is 20.1 Å². The van der Waals surface area contributed by atoms with Crippen LogP contribution < -0.4 is 10.1 Å². The van der Waals surface area contributed by atoms with Crippen LogP contribution in [0, 0.1) is 0 Å². The first-order valence-corrected chi connectivity index (χ1v) is 13.5. The van der Waals surface area contributed by atoms with E-state index >= 15 is 0 Å². The summed E-state index contributed by atoms with van der Waals surface area (Å²) in [5.74, 6) is -1.16. The normalized spacial score (nSPS) is 14.5. The highest BCUT2D eigenvalue weighted by Gasteiger charge is 2.44. The summed E-state index contributed by atoms with van der Waals surface area (Å²) in [5, 5.41) is 14.3. The number of rotatable bonds is 10. The molecule has 0 radical (unpaired) electrons. The topological polar surface area (TPSA) is 78.9 Å². The summed E-state index contributed by atoms with van der Waals surface area (Å²) in [5.41, 5.74) is 3.40. The Hall–Kier alpha value is -4.18. The number of alkyl halides is 4. The van der Waals surface area contributed by atoms with Gasteiger partial charge in [-0.25, -0.2) is 0 Å². The van der Waals surface area contributed by atoms with Gasteiger partial charge >= 0.3 is 12.5 Å². The molecule has 0 aromatic heterocycles. The first-order chi connectivity index (χ1) is 20.0. The SMILES string of the molecule is CN(C)C(=O)c1ccc(C(O)C(Cc2cccc(OC(F)(F)C(F)F)c2)NC(=O)c2cccc3c2C=CCCC3)cc1. The Morgan fingerprint density at radius 2 is 1.76 bits per heavy atom. The molecule has 0 saturated carbocycles. The van der Waals surface area contributed by atoms with Crippen molar-refractivity contribution in [3.63, 3.8) is 0 Å². The van der Waals surface area contributed by atoms with Crippen LogP contribution in [0.15, 0.2) is 72.8 Å². The number of aryl methyl sites for hydroxylation is 1. The van der Waals surface area contributed by atoms with E-state index in [9.17, 15) is 32.3 Å². The van der Waals surface area contributed by atoms with Crippen LogP contribution in [-0.4, -0.2) is 54.5 Å². The number of benzene rings is 3. The average Bonchev–Trinajstić information content (AvgIpc) is 3.21. The first-order valence-electron chi connectivity index (χ1n) is 13.5. The molecule has 0 heterocycles. The standard InChI is InChI=1S/C32H32F4N2O4/c1-38(2)30(41)23-16-14-22(15-17-23)28(39)27(19-20-8-6-11-24(18-20)42-32(35,36)31(33)34)37-29(40)26-13-7-10-21-9-4-3-5-12-25(21)26/h5-8,10-18,27-28,31,39H,3-4,9,19H2,1-2H3,(H,37,40). The first kappa shape index (κ1) is 30.8. The molecule has 6 nitrogen and oxygen atoms in total. The minimum atomic E-state index is -4.68. The van der Waals surface area contributed by atoms with Crippen LogP contribution in [0.25, 0.3) is 6.08 Å². The Bertz CT molecular complexity index is 1440. The number of amides is 2. The lowest BCUT2D eigenvalue weighted by molar-refractivity contribution is -0.253. The average molecular weight is 585 g/mol. The van der Waals surface area contributed by atoms with Crippen LogP contribution in [0.1, 0.15) is 61.9 Å². The maximum Gasteiger partial charge on any atom is 0.461 e. The minimum absolute atomic E-state index is 0.0480. The van der Waals surface area contributed by atoms with Crippen molar-refractivity contribution in [1.29, 1.82) is 0 Å². The molecule has 2 amide bonds. The van der Waals surface area contributed by atoms with Gasteiger partial charge in [-0.05, 0) is 78.3 Å². The second-order valence-electron chi connectivity index (χ2n) is 10.3. The lowest BCUT2D eigenvalue weighted by Gasteiger charge is -2.26. The Balaban J connectivity index is 1.65. The number of carbonyl (C=O) groups is 2. The van der Waals surface area contributed by atoms with Crippen molar-refractivity contribution >= 4 is 17.9 Å². The van der Waals surface area contributed by atoms with Gasteiger partial charge in [0, 0.05) is 25.2 Å². The van der Waals surface area contributed by atoms with Crippen molar-refractivity contribution in [3.05, 3.63) is 106 Å². The molecule has 2 unspecified atom stereocenters. The van der Waals surface area contributed by atoms with Crippen molar-refractivity contribution in [2.75, 3.05) is 14.1 Å². The third-order valence-corrected chi connectivity index (χ3v) is 7.01. The van der Waals surface area contributed by atoms with E-state index in [0.717, 1.165) is 42.5 Å². The highest BCUT2D eigenvalue weighted by Crippen LogP contribution is 2.29. The van der Waals surface area contributed by atoms with E-state index < -0.39 is 36.3 Å². The van der Waals surface area contributed by atoms with Crippen molar-refractivity contribution < 1.29 is 37.0 Å². The molecule has 42 heavy (non-hydrogen) atoms. The molecule has 3 aromatic carbocycles. The van der Waals surface area contributed by atoms with Crippen molar-refractivity contribution in [3.8, 4) is 5.75 Å². The van der Waals surface area contributed by atoms with E-state index in [4.69, 9.17) is 0 Å². The van der Waals surface area contributed by atoms with Gasteiger partial charge in [-0.1, -0.05) is 48.6 Å². The second kappa shape index (κ2) is 13.2. The highest BCUT2D eigenvalue weighted by molar-refractivity contribution is 5.98. The number of nitrogens with zero attached hydrogens (tertiary/aromatic N) is 1. The Morgan fingerprint density at radius 3 is 2.45 bits per heavy atom. The van der Waals surface area contributed by atoms with Gasteiger partial charge in [-0.15, -0.1) is 0 Å². The Kier molecular flexibility index (Phi) is 9.67. The van der Waals surface area contributed by atoms with Crippen LogP contribution in [0.4, 0.5) is 17.6 Å². The van der Waals surface area contributed by atoms with E-state index in [2.05, 4.69) is 10.1 Å². The molecular formula is C32H32F4N2O4. The van der Waals surface area contributed by atoms with E-state index in [-0.39, 0.29) is 12.3 Å². The van der Waals surface area contributed by atoms with Crippen LogP contribution >= 0.6 is 0 Å². The van der Waals surface area contributed by atoms with Crippen molar-refractivity contribution in [1.82, 2.24) is 10.2 Å². The van der Waals surface area contributed by atoms with Crippen molar-refractivity contribution in [2.24, 2.45) is 0 Å². The smallest absolute Gasteiger partial charge is 0.428 e. The fourth-order valence-electron chi connectivity index (χ4n) is 4.83. The number of carbonyl (C=O) groups excluding carboxylic acids is 2. The number of allylic oxidation sites excluding steroid dienone is 1. The number of ether oxygens (including phenoxy) is 1. The zero-order valence-corrected chi connectivity index (χ0v) is 23.2. The molecule has 0 saturated heterocycles. The van der Waals surface area contributed by atoms with Crippen LogP contribution in [0.5, 0.6) is 5.75 Å². The number of halogens is 4. The summed E-state index contributed by atoms with van der Waals surface area (Å²) in [6, 6.07) is 15.9. The molecule has 1 aliphatic rings. The molecule has 3 aromatic rings. The zero-order valence-electron chi connectivity index (χ0n) is 23.2. The molecule has 0 spiro atoms. The maximum atomic E-state index is 13.6. The van der Waals surface area contributed by atoms with Gasteiger partial charge in [0.25, 0.3) is 11.8 Å². The summed E-state index contributed by atoms with van der Waals surface area (Å²) < 4.78 is 56.7. The molecular weight excluding hydrogens is 552 g/mol. The minimum Gasteiger partial charge on any atom is -0.428 e. The molecule has 222 valence electrons. The van der Waals surface area contributed by atoms with E-state index in [1.807, 2.05) is 18.2 Å². The van der Waals surface area contributed by atoms with E-state index in [1.165, 1.54) is 11.0 Å². The predicted octanol–water partition coefficient (Wildman–Crippen LogP) is 6.05. The zero-order chi connectivity index (χ0) is 30.4. The van der Waals surface area contributed by atoms with Crippen molar-refractivity contribution in [2.45, 2.75) is 50.4 Å². The van der Waals surface area contributed by atoms with Gasteiger partial charge in [0.05, 0.1) is 12.1 Å². The molecule has 2 N–H and O–H groups in total. The maximum absolute atomic E-state index is 13.6. The third kappa shape index (κ3) is 7.36.